The Kier molecular flexibility index (Phi) is 3.71. The summed E-state index contributed by atoms with van der Waals surface area (Å²) < 4.78 is 27.2. The lowest BCUT2D eigenvalue weighted by molar-refractivity contribution is 0.560. The second-order valence-corrected chi connectivity index (χ2v) is 4.29. The van der Waals surface area contributed by atoms with Crippen LogP contribution in [0.25, 0.3) is 0 Å². The SMILES string of the molecule is Nc1ncc(Br)nc1NCc1c(F)cccc1F. The van der Waals surface area contributed by atoms with Gasteiger partial charge in [0, 0.05) is 12.1 Å². The molecule has 4 nitrogen and oxygen atoms in total. The maximum Gasteiger partial charge on any atom is 0.170 e. The van der Waals surface area contributed by atoms with E-state index in [-0.39, 0.29) is 23.7 Å². The first-order valence-electron chi connectivity index (χ1n) is 5.02. The summed E-state index contributed by atoms with van der Waals surface area (Å²) in [4.78, 5) is 7.87. The van der Waals surface area contributed by atoms with E-state index in [4.69, 9.17) is 5.73 Å². The minimum atomic E-state index is -0.621. The lowest BCUT2D eigenvalue weighted by Gasteiger charge is -2.09. The molecule has 0 spiro atoms. The van der Waals surface area contributed by atoms with Crippen molar-refractivity contribution >= 4 is 27.6 Å². The Morgan fingerprint density at radius 1 is 1.28 bits per heavy atom. The van der Waals surface area contributed by atoms with Crippen molar-refractivity contribution in [1.82, 2.24) is 9.97 Å². The molecule has 1 aromatic heterocycles. The Labute approximate surface area is 110 Å². The first-order chi connectivity index (χ1) is 8.58. The largest absolute Gasteiger partial charge is 0.381 e. The van der Waals surface area contributed by atoms with Gasteiger partial charge in [-0.25, -0.2) is 18.7 Å². The molecule has 18 heavy (non-hydrogen) atoms. The highest BCUT2D eigenvalue weighted by Gasteiger charge is 2.09. The van der Waals surface area contributed by atoms with Crippen LogP contribution in [0.5, 0.6) is 0 Å². The molecule has 0 amide bonds. The molecular formula is C11H9BrF2N4. The molecule has 0 saturated carbocycles. The molecule has 0 aliphatic carbocycles. The number of nitrogens with one attached hydrogen (secondary N) is 1. The predicted molar refractivity (Wildman–Crippen MR) is 67.8 cm³/mol. The van der Waals surface area contributed by atoms with Gasteiger partial charge in [-0.15, -0.1) is 0 Å². The van der Waals surface area contributed by atoms with Gasteiger partial charge in [0.25, 0.3) is 0 Å². The van der Waals surface area contributed by atoms with E-state index >= 15 is 0 Å². The summed E-state index contributed by atoms with van der Waals surface area (Å²) in [5.74, 6) is -0.810. The minimum absolute atomic E-state index is 0.0617. The van der Waals surface area contributed by atoms with Crippen LogP contribution >= 0.6 is 15.9 Å². The van der Waals surface area contributed by atoms with Crippen molar-refractivity contribution in [2.45, 2.75) is 6.54 Å². The number of rotatable bonds is 3. The molecule has 1 heterocycles. The number of nitrogens with zero attached hydrogens (tertiary/aromatic N) is 2. The molecule has 0 atom stereocenters. The van der Waals surface area contributed by atoms with E-state index in [1.165, 1.54) is 24.4 Å². The van der Waals surface area contributed by atoms with Crippen LogP contribution in [0.4, 0.5) is 20.4 Å². The van der Waals surface area contributed by atoms with Gasteiger partial charge in [0.2, 0.25) is 0 Å². The third kappa shape index (κ3) is 2.73. The Balaban J connectivity index is 2.19. The van der Waals surface area contributed by atoms with Crippen molar-refractivity contribution in [2.24, 2.45) is 0 Å². The van der Waals surface area contributed by atoms with Gasteiger partial charge in [0.15, 0.2) is 11.6 Å². The standard InChI is InChI=1S/C11H9BrF2N4/c12-9-5-16-10(15)11(18-9)17-4-6-7(13)2-1-3-8(6)14/h1-3,5H,4H2,(H2,15,16)(H,17,18). The average Bonchev–Trinajstić information content (AvgIpc) is 2.33. The normalized spacial score (nSPS) is 10.4. The van der Waals surface area contributed by atoms with Crippen LogP contribution in [0.1, 0.15) is 5.56 Å². The summed E-state index contributed by atoms with van der Waals surface area (Å²) in [5, 5.41) is 2.74. The number of hydrogen-bond donors (Lipinski definition) is 2. The number of anilines is 2. The van der Waals surface area contributed by atoms with Gasteiger partial charge in [-0.2, -0.15) is 0 Å². The first-order valence-corrected chi connectivity index (χ1v) is 5.82. The second kappa shape index (κ2) is 5.26. The highest BCUT2D eigenvalue weighted by Crippen LogP contribution is 2.18. The summed E-state index contributed by atoms with van der Waals surface area (Å²) in [7, 11) is 0. The summed E-state index contributed by atoms with van der Waals surface area (Å²) in [6, 6.07) is 3.69. The van der Waals surface area contributed by atoms with Crippen molar-refractivity contribution < 1.29 is 8.78 Å². The van der Waals surface area contributed by atoms with Crippen LogP contribution in [-0.4, -0.2) is 9.97 Å². The zero-order chi connectivity index (χ0) is 13.1. The molecule has 2 aromatic rings. The second-order valence-electron chi connectivity index (χ2n) is 3.48. The number of hydrogen-bond acceptors (Lipinski definition) is 4. The molecule has 0 fully saturated rings. The fourth-order valence-electron chi connectivity index (χ4n) is 1.38. The number of benzene rings is 1. The van der Waals surface area contributed by atoms with Gasteiger partial charge in [-0.1, -0.05) is 6.07 Å². The quantitative estimate of drug-likeness (QED) is 0.914. The van der Waals surface area contributed by atoms with Gasteiger partial charge in [-0.05, 0) is 28.1 Å². The number of nitrogens with two attached hydrogens (primary N) is 1. The van der Waals surface area contributed by atoms with Gasteiger partial charge >= 0.3 is 0 Å². The molecule has 0 bridgehead atoms. The van der Waals surface area contributed by atoms with E-state index in [0.717, 1.165) is 0 Å². The maximum absolute atomic E-state index is 13.4. The molecular weight excluding hydrogens is 306 g/mol. The maximum atomic E-state index is 13.4. The summed E-state index contributed by atoms with van der Waals surface area (Å²) in [5.41, 5.74) is 5.51. The van der Waals surface area contributed by atoms with Crippen molar-refractivity contribution in [2.75, 3.05) is 11.1 Å². The van der Waals surface area contributed by atoms with Crippen molar-refractivity contribution in [3.05, 3.63) is 46.2 Å². The molecule has 0 aliphatic heterocycles. The smallest absolute Gasteiger partial charge is 0.170 e. The van der Waals surface area contributed by atoms with E-state index < -0.39 is 11.6 Å². The van der Waals surface area contributed by atoms with Crippen LogP contribution < -0.4 is 11.1 Å². The number of nitrogen functional groups attached to an aromatic ring is 1. The van der Waals surface area contributed by atoms with Crippen LogP contribution in [0.2, 0.25) is 0 Å². The molecule has 0 aliphatic rings. The molecule has 7 heteroatoms. The van der Waals surface area contributed by atoms with Crippen LogP contribution in [0, 0.1) is 11.6 Å². The van der Waals surface area contributed by atoms with E-state index in [0.29, 0.717) is 4.60 Å². The molecule has 2 rings (SSSR count). The van der Waals surface area contributed by atoms with E-state index in [1.54, 1.807) is 0 Å². The molecule has 1 aromatic carbocycles. The Morgan fingerprint density at radius 3 is 2.61 bits per heavy atom. The predicted octanol–water partition coefficient (Wildman–Crippen LogP) is 2.71. The lowest BCUT2D eigenvalue weighted by Crippen LogP contribution is -2.08. The first kappa shape index (κ1) is 12.7. The van der Waals surface area contributed by atoms with Gasteiger partial charge in [0.05, 0.1) is 6.20 Å². The van der Waals surface area contributed by atoms with Crippen molar-refractivity contribution in [1.29, 1.82) is 0 Å². The van der Waals surface area contributed by atoms with E-state index in [9.17, 15) is 8.78 Å². The number of aromatic nitrogens is 2. The van der Waals surface area contributed by atoms with Gasteiger partial charge in [-0.3, -0.25) is 0 Å². The molecule has 0 unspecified atom stereocenters. The molecule has 0 radical (unpaired) electrons. The summed E-state index contributed by atoms with van der Waals surface area (Å²) >= 11 is 3.13. The van der Waals surface area contributed by atoms with Crippen molar-refractivity contribution in [3.8, 4) is 0 Å². The zero-order valence-electron chi connectivity index (χ0n) is 9.12. The summed E-state index contributed by atoms with van der Waals surface area (Å²) in [6.07, 6.45) is 1.43. The fourth-order valence-corrected chi connectivity index (χ4v) is 1.66. The highest BCUT2D eigenvalue weighted by atomic mass is 79.9. The lowest BCUT2D eigenvalue weighted by atomic mass is 10.2. The van der Waals surface area contributed by atoms with E-state index in [1.807, 2.05) is 0 Å². The van der Waals surface area contributed by atoms with Crippen LogP contribution in [0.3, 0.4) is 0 Å². The van der Waals surface area contributed by atoms with Crippen LogP contribution in [0.15, 0.2) is 29.0 Å². The van der Waals surface area contributed by atoms with Gasteiger partial charge < -0.3 is 11.1 Å². The summed E-state index contributed by atoms with van der Waals surface area (Å²) in [6.45, 7) is -0.0617. The van der Waals surface area contributed by atoms with E-state index in [2.05, 4.69) is 31.2 Å². The third-order valence-electron chi connectivity index (χ3n) is 2.27. The van der Waals surface area contributed by atoms with Crippen LogP contribution in [-0.2, 0) is 6.54 Å². The topological polar surface area (TPSA) is 63.8 Å². The monoisotopic (exact) mass is 314 g/mol. The Bertz CT molecular complexity index is 557. The molecule has 0 saturated heterocycles. The zero-order valence-corrected chi connectivity index (χ0v) is 10.7. The van der Waals surface area contributed by atoms with Crippen molar-refractivity contribution in [3.63, 3.8) is 0 Å². The number of halogens is 3. The molecule has 3 N–H and O–H groups in total. The highest BCUT2D eigenvalue weighted by molar-refractivity contribution is 9.10. The molecule has 94 valence electrons. The minimum Gasteiger partial charge on any atom is -0.381 e. The Hall–Kier alpha value is -1.76. The fraction of sp³-hybridized carbons (Fsp3) is 0.0909. The average molecular weight is 315 g/mol. The third-order valence-corrected chi connectivity index (χ3v) is 2.65. The van der Waals surface area contributed by atoms with Gasteiger partial charge in [0.1, 0.15) is 16.2 Å². The Morgan fingerprint density at radius 2 is 1.94 bits per heavy atom.